The maximum absolute atomic E-state index is 12.2. The SMILES string of the molecule is COc1cnc(NS(=O)(=O)c2ccc(NC(=O)CC#N)cc2)nc1. The van der Waals surface area contributed by atoms with Crippen LogP contribution in [0.25, 0.3) is 0 Å². The van der Waals surface area contributed by atoms with Gasteiger partial charge in [0.15, 0.2) is 5.75 Å². The lowest BCUT2D eigenvalue weighted by atomic mass is 10.3. The Hall–Kier alpha value is -3.19. The zero-order chi connectivity index (χ0) is 17.6. The van der Waals surface area contributed by atoms with Crippen molar-refractivity contribution in [1.29, 1.82) is 5.26 Å². The molecule has 2 aromatic rings. The number of sulfonamides is 1. The Bertz CT molecular complexity index is 858. The molecule has 124 valence electrons. The minimum atomic E-state index is -3.87. The molecule has 24 heavy (non-hydrogen) atoms. The van der Waals surface area contributed by atoms with Gasteiger partial charge in [0, 0.05) is 5.69 Å². The second kappa shape index (κ2) is 7.38. The molecule has 0 atom stereocenters. The molecule has 0 unspecified atom stereocenters. The van der Waals surface area contributed by atoms with Crippen LogP contribution in [0.2, 0.25) is 0 Å². The lowest BCUT2D eigenvalue weighted by molar-refractivity contribution is -0.115. The number of benzene rings is 1. The van der Waals surface area contributed by atoms with Gasteiger partial charge in [-0.25, -0.2) is 23.1 Å². The van der Waals surface area contributed by atoms with Crippen molar-refractivity contribution in [3.63, 3.8) is 0 Å². The molecule has 0 aliphatic rings. The molecule has 9 nitrogen and oxygen atoms in total. The fraction of sp³-hybridized carbons (Fsp3) is 0.143. The Morgan fingerprint density at radius 2 is 1.88 bits per heavy atom. The summed E-state index contributed by atoms with van der Waals surface area (Å²) in [6.07, 6.45) is 2.38. The predicted molar refractivity (Wildman–Crippen MR) is 84.7 cm³/mol. The first-order chi connectivity index (χ1) is 11.4. The van der Waals surface area contributed by atoms with Gasteiger partial charge in [0.1, 0.15) is 6.42 Å². The minimum absolute atomic E-state index is 0.0276. The van der Waals surface area contributed by atoms with Crippen molar-refractivity contribution in [3.8, 4) is 11.8 Å². The maximum Gasteiger partial charge on any atom is 0.264 e. The smallest absolute Gasteiger partial charge is 0.264 e. The Kier molecular flexibility index (Phi) is 5.28. The second-order valence-electron chi connectivity index (χ2n) is 4.46. The highest BCUT2D eigenvalue weighted by Crippen LogP contribution is 2.17. The molecule has 0 saturated heterocycles. The molecule has 1 heterocycles. The van der Waals surface area contributed by atoms with E-state index in [4.69, 9.17) is 10.00 Å². The Labute approximate surface area is 138 Å². The van der Waals surface area contributed by atoms with E-state index < -0.39 is 15.9 Å². The summed E-state index contributed by atoms with van der Waals surface area (Å²) >= 11 is 0. The number of nitrogens with one attached hydrogen (secondary N) is 2. The van der Waals surface area contributed by atoms with Crippen molar-refractivity contribution in [3.05, 3.63) is 36.7 Å². The molecule has 1 aromatic carbocycles. The Morgan fingerprint density at radius 3 is 2.42 bits per heavy atom. The van der Waals surface area contributed by atoms with Gasteiger partial charge in [-0.2, -0.15) is 5.26 Å². The van der Waals surface area contributed by atoms with E-state index in [1.54, 1.807) is 6.07 Å². The summed E-state index contributed by atoms with van der Waals surface area (Å²) in [5.41, 5.74) is 0.384. The molecule has 10 heteroatoms. The quantitative estimate of drug-likeness (QED) is 0.800. The van der Waals surface area contributed by atoms with Crippen molar-refractivity contribution in [2.45, 2.75) is 11.3 Å². The van der Waals surface area contributed by atoms with Crippen molar-refractivity contribution >= 4 is 27.6 Å². The van der Waals surface area contributed by atoms with E-state index in [0.717, 1.165) is 0 Å². The standard InChI is InChI=1S/C14H13N5O4S/c1-23-11-8-16-14(17-9-11)19-24(21,22)12-4-2-10(3-5-12)18-13(20)6-7-15/h2-5,8-9H,6H2,1H3,(H,18,20)(H,16,17,19). The molecule has 0 fully saturated rings. The molecule has 1 aromatic heterocycles. The van der Waals surface area contributed by atoms with Gasteiger partial charge in [-0.3, -0.25) is 4.79 Å². The van der Waals surface area contributed by atoms with Gasteiger partial charge in [0.25, 0.3) is 10.0 Å². The zero-order valence-electron chi connectivity index (χ0n) is 12.6. The number of nitrogens with zero attached hydrogens (tertiary/aromatic N) is 3. The highest BCUT2D eigenvalue weighted by molar-refractivity contribution is 7.92. The van der Waals surface area contributed by atoms with Crippen LogP contribution in [0.15, 0.2) is 41.6 Å². The molecule has 0 aliphatic carbocycles. The van der Waals surface area contributed by atoms with E-state index in [-0.39, 0.29) is 17.3 Å². The van der Waals surface area contributed by atoms with Crippen molar-refractivity contribution in [1.82, 2.24) is 9.97 Å². The van der Waals surface area contributed by atoms with Crippen LogP contribution in [0.3, 0.4) is 0 Å². The highest BCUT2D eigenvalue weighted by atomic mass is 32.2. The van der Waals surface area contributed by atoms with Gasteiger partial charge in [-0.05, 0) is 24.3 Å². The van der Waals surface area contributed by atoms with E-state index >= 15 is 0 Å². The van der Waals surface area contributed by atoms with E-state index in [1.165, 1.54) is 43.8 Å². The molecular weight excluding hydrogens is 334 g/mol. The number of methoxy groups -OCH3 is 1. The van der Waals surface area contributed by atoms with Crippen molar-refractivity contribution in [2.24, 2.45) is 0 Å². The number of amides is 1. The molecule has 2 rings (SSSR count). The topological polar surface area (TPSA) is 134 Å². The van der Waals surface area contributed by atoms with Crippen LogP contribution in [0.4, 0.5) is 11.6 Å². The Morgan fingerprint density at radius 1 is 1.25 bits per heavy atom. The Balaban J connectivity index is 2.11. The van der Waals surface area contributed by atoms with E-state index in [2.05, 4.69) is 20.0 Å². The normalized spacial score (nSPS) is 10.5. The summed E-state index contributed by atoms with van der Waals surface area (Å²) < 4.78 is 31.6. The highest BCUT2D eigenvalue weighted by Gasteiger charge is 2.15. The van der Waals surface area contributed by atoms with Crippen LogP contribution in [0.5, 0.6) is 5.75 Å². The van der Waals surface area contributed by atoms with Gasteiger partial charge < -0.3 is 10.1 Å². The molecule has 0 radical (unpaired) electrons. The fourth-order valence-corrected chi connectivity index (χ4v) is 2.61. The van der Waals surface area contributed by atoms with Crippen LogP contribution in [-0.4, -0.2) is 31.4 Å². The second-order valence-corrected chi connectivity index (χ2v) is 6.14. The summed E-state index contributed by atoms with van der Waals surface area (Å²) in [6.45, 7) is 0. The molecule has 2 N–H and O–H groups in total. The number of aromatic nitrogens is 2. The minimum Gasteiger partial charge on any atom is -0.494 e. The first-order valence-electron chi connectivity index (χ1n) is 6.60. The maximum atomic E-state index is 12.2. The van der Waals surface area contributed by atoms with E-state index in [9.17, 15) is 13.2 Å². The van der Waals surface area contributed by atoms with E-state index in [1.807, 2.05) is 0 Å². The third-order valence-electron chi connectivity index (χ3n) is 2.78. The number of rotatable bonds is 6. The number of ether oxygens (including phenoxy) is 1. The van der Waals surface area contributed by atoms with Crippen molar-refractivity contribution < 1.29 is 17.9 Å². The van der Waals surface area contributed by atoms with Crippen LogP contribution in [-0.2, 0) is 14.8 Å². The number of carbonyl (C=O) groups excluding carboxylic acids is 1. The monoisotopic (exact) mass is 347 g/mol. The summed E-state index contributed by atoms with van der Waals surface area (Å²) in [4.78, 5) is 18.9. The third-order valence-corrected chi connectivity index (χ3v) is 4.12. The van der Waals surface area contributed by atoms with Crippen molar-refractivity contribution in [2.75, 3.05) is 17.1 Å². The number of carbonyl (C=O) groups is 1. The van der Waals surface area contributed by atoms with Crippen LogP contribution < -0.4 is 14.8 Å². The predicted octanol–water partition coefficient (Wildman–Crippen LogP) is 1.14. The van der Waals surface area contributed by atoms with Gasteiger partial charge in [-0.1, -0.05) is 0 Å². The van der Waals surface area contributed by atoms with Crippen LogP contribution in [0.1, 0.15) is 6.42 Å². The average molecular weight is 347 g/mol. The van der Waals surface area contributed by atoms with E-state index in [0.29, 0.717) is 11.4 Å². The number of hydrogen-bond donors (Lipinski definition) is 2. The molecule has 0 saturated carbocycles. The first-order valence-corrected chi connectivity index (χ1v) is 8.08. The number of anilines is 2. The third kappa shape index (κ3) is 4.40. The van der Waals surface area contributed by atoms with Gasteiger partial charge in [0.2, 0.25) is 11.9 Å². The molecule has 1 amide bonds. The van der Waals surface area contributed by atoms with Gasteiger partial charge in [0.05, 0.1) is 30.5 Å². The fourth-order valence-electron chi connectivity index (χ4n) is 1.65. The molecule has 0 spiro atoms. The lowest BCUT2D eigenvalue weighted by Crippen LogP contribution is -2.15. The number of nitriles is 1. The summed E-state index contributed by atoms with van der Waals surface area (Å²) in [7, 11) is -2.43. The average Bonchev–Trinajstić information content (AvgIpc) is 2.56. The summed E-state index contributed by atoms with van der Waals surface area (Å²) in [6, 6.07) is 7.18. The van der Waals surface area contributed by atoms with Gasteiger partial charge in [-0.15, -0.1) is 0 Å². The largest absolute Gasteiger partial charge is 0.494 e. The summed E-state index contributed by atoms with van der Waals surface area (Å²) in [5, 5.41) is 10.9. The van der Waals surface area contributed by atoms with Crippen LogP contribution in [0, 0.1) is 11.3 Å². The molecule has 0 bridgehead atoms. The molecule has 0 aliphatic heterocycles. The first kappa shape index (κ1) is 17.2. The molecular formula is C14H13N5O4S. The van der Waals surface area contributed by atoms with Gasteiger partial charge >= 0.3 is 0 Å². The summed E-state index contributed by atoms with van der Waals surface area (Å²) in [5.74, 6) is -0.171. The zero-order valence-corrected chi connectivity index (χ0v) is 13.4. The van der Waals surface area contributed by atoms with Crippen LogP contribution >= 0.6 is 0 Å². The number of hydrogen-bond acceptors (Lipinski definition) is 7. The lowest BCUT2D eigenvalue weighted by Gasteiger charge is -2.08.